The summed E-state index contributed by atoms with van der Waals surface area (Å²) in [5.74, 6) is -0.713. The summed E-state index contributed by atoms with van der Waals surface area (Å²) < 4.78 is 43.3. The van der Waals surface area contributed by atoms with Gasteiger partial charge in [0.05, 0.1) is 17.5 Å². The number of rotatable bonds is 2. The van der Waals surface area contributed by atoms with Crippen molar-refractivity contribution in [3.63, 3.8) is 0 Å². The monoisotopic (exact) mass is 325 g/mol. The van der Waals surface area contributed by atoms with Crippen LogP contribution in [0.2, 0.25) is 0 Å². The second kappa shape index (κ2) is 4.75. The molecule has 0 saturated carbocycles. The van der Waals surface area contributed by atoms with Crippen LogP contribution < -0.4 is 5.32 Å². The summed E-state index contributed by atoms with van der Waals surface area (Å²) in [6.45, 7) is 3.82. The lowest BCUT2D eigenvalue weighted by Gasteiger charge is -2.33. The Bertz CT molecular complexity index is 674. The molecule has 5 atom stereocenters. The Morgan fingerprint density at radius 3 is 2.55 bits per heavy atom. The molecule has 2 bridgehead atoms. The van der Waals surface area contributed by atoms with Crippen molar-refractivity contribution in [2.75, 3.05) is 6.61 Å². The summed E-state index contributed by atoms with van der Waals surface area (Å²) in [6.07, 6.45) is -0.888. The lowest BCUT2D eigenvalue weighted by Crippen LogP contribution is -2.55. The molecule has 0 amide bonds. The molecule has 22 heavy (non-hydrogen) atoms. The zero-order valence-electron chi connectivity index (χ0n) is 12.4. The average Bonchev–Trinajstić information content (AvgIpc) is 2.93. The molecule has 1 aromatic carbocycles. The first kappa shape index (κ1) is 14.6. The van der Waals surface area contributed by atoms with E-state index >= 15 is 0 Å². The van der Waals surface area contributed by atoms with Crippen LogP contribution >= 0.6 is 0 Å². The first-order valence-electron chi connectivity index (χ1n) is 7.41. The Kier molecular flexibility index (Phi) is 3.15. The fraction of sp³-hybridized carbons (Fsp3) is 0.600. The second-order valence-electron chi connectivity index (χ2n) is 6.41. The molecule has 0 radical (unpaired) electrons. The summed E-state index contributed by atoms with van der Waals surface area (Å²) in [7, 11) is -3.50. The highest BCUT2D eigenvalue weighted by atomic mass is 32.2. The zero-order chi connectivity index (χ0) is 15.5. The fourth-order valence-corrected chi connectivity index (χ4v) is 5.30. The number of ether oxygens (including phenoxy) is 3. The highest BCUT2D eigenvalue weighted by Gasteiger charge is 2.60. The number of hydrogen-bond acceptors (Lipinski definition) is 6. The zero-order valence-corrected chi connectivity index (χ0v) is 13.2. The van der Waals surface area contributed by atoms with Gasteiger partial charge in [0.15, 0.2) is 15.6 Å². The van der Waals surface area contributed by atoms with Gasteiger partial charge in [-0.05, 0) is 26.0 Å². The van der Waals surface area contributed by atoms with Gasteiger partial charge in [0.2, 0.25) is 0 Å². The van der Waals surface area contributed by atoms with E-state index in [1.54, 1.807) is 30.3 Å². The van der Waals surface area contributed by atoms with Crippen molar-refractivity contribution in [3.05, 3.63) is 30.3 Å². The largest absolute Gasteiger partial charge is 0.359 e. The molecule has 1 N–H and O–H groups in total. The van der Waals surface area contributed by atoms with Gasteiger partial charge in [0.25, 0.3) is 0 Å². The van der Waals surface area contributed by atoms with E-state index < -0.39 is 20.9 Å². The summed E-state index contributed by atoms with van der Waals surface area (Å²) >= 11 is 0. The molecule has 3 fully saturated rings. The summed E-state index contributed by atoms with van der Waals surface area (Å²) in [4.78, 5) is 0.311. The quantitative estimate of drug-likeness (QED) is 0.862. The van der Waals surface area contributed by atoms with Gasteiger partial charge in [-0.15, -0.1) is 0 Å². The highest BCUT2D eigenvalue weighted by Crippen LogP contribution is 2.41. The van der Waals surface area contributed by atoms with E-state index in [0.717, 1.165) is 0 Å². The predicted octanol–water partition coefficient (Wildman–Crippen LogP) is 0.677. The van der Waals surface area contributed by atoms with Crippen LogP contribution in [-0.4, -0.2) is 50.5 Å². The third-order valence-corrected chi connectivity index (χ3v) is 6.64. The minimum Gasteiger partial charge on any atom is -0.359 e. The van der Waals surface area contributed by atoms with Crippen molar-refractivity contribution in [1.29, 1.82) is 0 Å². The normalized spacial score (nSPS) is 39.6. The van der Waals surface area contributed by atoms with Crippen molar-refractivity contribution in [2.45, 2.75) is 54.3 Å². The molecule has 3 heterocycles. The van der Waals surface area contributed by atoms with E-state index in [4.69, 9.17) is 14.2 Å². The molecular weight excluding hydrogens is 306 g/mol. The molecule has 3 aliphatic rings. The molecule has 0 aromatic heterocycles. The van der Waals surface area contributed by atoms with E-state index in [9.17, 15) is 8.42 Å². The first-order chi connectivity index (χ1) is 10.4. The number of nitrogens with one attached hydrogen (secondary N) is 1. The molecule has 0 spiro atoms. The molecule has 3 aliphatic heterocycles. The van der Waals surface area contributed by atoms with Crippen LogP contribution in [0.5, 0.6) is 0 Å². The average molecular weight is 325 g/mol. The number of sulfone groups is 1. The molecule has 0 unspecified atom stereocenters. The maximum Gasteiger partial charge on any atom is 0.185 e. The van der Waals surface area contributed by atoms with E-state index in [1.807, 2.05) is 13.8 Å². The van der Waals surface area contributed by atoms with Crippen molar-refractivity contribution >= 4 is 9.84 Å². The van der Waals surface area contributed by atoms with Crippen LogP contribution in [-0.2, 0) is 24.0 Å². The van der Waals surface area contributed by atoms with Gasteiger partial charge >= 0.3 is 0 Å². The third kappa shape index (κ3) is 2.11. The lowest BCUT2D eigenvalue weighted by molar-refractivity contribution is -0.179. The molecular formula is C15H19NO5S. The SMILES string of the molecule is CC1(C)O[C@H]2[C@H]3N[C@H](OC[C@@H]3S(=O)(=O)c3ccccc3)[C@H]2O1. The first-order valence-corrected chi connectivity index (χ1v) is 8.95. The highest BCUT2D eigenvalue weighted by molar-refractivity contribution is 7.92. The van der Waals surface area contributed by atoms with Crippen LogP contribution in [0.1, 0.15) is 13.8 Å². The molecule has 3 saturated heterocycles. The number of hydrogen-bond donors (Lipinski definition) is 1. The van der Waals surface area contributed by atoms with Gasteiger partial charge < -0.3 is 14.2 Å². The number of benzene rings is 1. The van der Waals surface area contributed by atoms with Crippen molar-refractivity contribution in [3.8, 4) is 0 Å². The molecule has 4 rings (SSSR count). The third-order valence-electron chi connectivity index (χ3n) is 4.48. The molecule has 0 aliphatic carbocycles. The van der Waals surface area contributed by atoms with E-state index in [1.165, 1.54) is 0 Å². The van der Waals surface area contributed by atoms with Gasteiger partial charge in [0.1, 0.15) is 23.7 Å². The lowest BCUT2D eigenvalue weighted by atomic mass is 10.1. The fourth-order valence-electron chi connectivity index (χ4n) is 3.54. The topological polar surface area (TPSA) is 73.9 Å². The van der Waals surface area contributed by atoms with E-state index in [-0.39, 0.29) is 31.1 Å². The summed E-state index contributed by atoms with van der Waals surface area (Å²) in [5.41, 5.74) is 0. The van der Waals surface area contributed by atoms with Crippen LogP contribution in [0.25, 0.3) is 0 Å². The van der Waals surface area contributed by atoms with Crippen LogP contribution in [0.3, 0.4) is 0 Å². The second-order valence-corrected chi connectivity index (χ2v) is 8.57. The van der Waals surface area contributed by atoms with Gasteiger partial charge in [-0.3, -0.25) is 5.32 Å². The Morgan fingerprint density at radius 2 is 1.82 bits per heavy atom. The summed E-state index contributed by atoms with van der Waals surface area (Å²) in [5, 5.41) is 2.52. The Labute approximate surface area is 129 Å². The molecule has 6 nitrogen and oxygen atoms in total. The minimum absolute atomic E-state index is 0.152. The Morgan fingerprint density at radius 1 is 1.14 bits per heavy atom. The van der Waals surface area contributed by atoms with Crippen molar-refractivity contribution in [1.82, 2.24) is 5.32 Å². The standard InChI is InChI=1S/C15H19NO5S/c1-15(2)20-12-11-10(8-19-14(16-11)13(12)21-15)22(17,18)9-6-4-3-5-7-9/h3-7,10-14,16H,8H2,1-2H3/t10-,11-,12-,13-,14+/m0/s1. The van der Waals surface area contributed by atoms with Crippen LogP contribution in [0.4, 0.5) is 0 Å². The molecule has 7 heteroatoms. The van der Waals surface area contributed by atoms with Gasteiger partial charge in [-0.2, -0.15) is 0 Å². The van der Waals surface area contributed by atoms with Crippen LogP contribution in [0.15, 0.2) is 35.2 Å². The predicted molar refractivity (Wildman–Crippen MR) is 77.9 cm³/mol. The smallest absolute Gasteiger partial charge is 0.185 e. The van der Waals surface area contributed by atoms with E-state index in [2.05, 4.69) is 5.32 Å². The maximum atomic E-state index is 12.9. The van der Waals surface area contributed by atoms with E-state index in [0.29, 0.717) is 4.90 Å². The number of fused-ring (bicyclic) bond motifs is 5. The van der Waals surface area contributed by atoms with Crippen molar-refractivity contribution in [2.24, 2.45) is 0 Å². The maximum absolute atomic E-state index is 12.9. The van der Waals surface area contributed by atoms with Crippen LogP contribution in [0, 0.1) is 0 Å². The minimum atomic E-state index is -3.50. The molecule has 120 valence electrons. The summed E-state index contributed by atoms with van der Waals surface area (Å²) in [6, 6.07) is 8.15. The van der Waals surface area contributed by atoms with Gasteiger partial charge in [-0.25, -0.2) is 8.42 Å². The molecule has 1 aromatic rings. The van der Waals surface area contributed by atoms with Gasteiger partial charge in [-0.1, -0.05) is 18.2 Å². The Balaban J connectivity index is 1.67. The Hall–Kier alpha value is -0.990. The van der Waals surface area contributed by atoms with Crippen molar-refractivity contribution < 1.29 is 22.6 Å². The van der Waals surface area contributed by atoms with Gasteiger partial charge in [0, 0.05) is 0 Å².